The van der Waals surface area contributed by atoms with Gasteiger partial charge in [0, 0.05) is 22.9 Å². The third kappa shape index (κ3) is 2.04. The van der Waals surface area contributed by atoms with Gasteiger partial charge in [-0.15, -0.1) is 0 Å². The van der Waals surface area contributed by atoms with E-state index in [-0.39, 0.29) is 38.0 Å². The summed E-state index contributed by atoms with van der Waals surface area (Å²) in [5.41, 5.74) is 0.111. The molecular formula is C16H6Cl2N2O4. The van der Waals surface area contributed by atoms with E-state index in [4.69, 9.17) is 27.6 Å². The van der Waals surface area contributed by atoms with Crippen molar-refractivity contribution < 1.29 is 9.34 Å². The molecule has 0 spiro atoms. The molecule has 0 saturated carbocycles. The van der Waals surface area contributed by atoms with Crippen LogP contribution in [-0.2, 0) is 0 Å². The van der Waals surface area contributed by atoms with Gasteiger partial charge in [0.1, 0.15) is 16.2 Å². The summed E-state index contributed by atoms with van der Waals surface area (Å²) in [7, 11) is 0. The van der Waals surface area contributed by atoms with Gasteiger partial charge in [-0.2, -0.15) is 0 Å². The van der Waals surface area contributed by atoms with Crippen LogP contribution in [0.15, 0.2) is 45.6 Å². The minimum atomic E-state index is -0.566. The first-order valence-corrected chi connectivity index (χ1v) is 7.51. The highest BCUT2D eigenvalue weighted by Gasteiger charge is 2.23. The third-order valence-electron chi connectivity index (χ3n) is 3.70. The predicted molar refractivity (Wildman–Crippen MR) is 91.1 cm³/mol. The fraction of sp³-hybridized carbons (Fsp3) is 0. The average Bonchev–Trinajstić information content (AvgIpc) is 2.58. The summed E-state index contributed by atoms with van der Waals surface area (Å²) in [4.78, 5) is 27.2. The molecular weight excluding hydrogens is 355 g/mol. The maximum atomic E-state index is 12.4. The fourth-order valence-corrected chi connectivity index (χ4v) is 3.09. The largest absolute Gasteiger partial charge is 0.449 e. The van der Waals surface area contributed by atoms with Gasteiger partial charge in [0.15, 0.2) is 11.3 Å². The van der Waals surface area contributed by atoms with Gasteiger partial charge in [-0.05, 0) is 0 Å². The predicted octanol–water partition coefficient (Wildman–Crippen LogP) is 4.66. The minimum Gasteiger partial charge on any atom is -0.449 e. The first-order valence-electron chi connectivity index (χ1n) is 6.76. The van der Waals surface area contributed by atoms with Crippen LogP contribution in [0.1, 0.15) is 0 Å². The van der Waals surface area contributed by atoms with E-state index in [0.29, 0.717) is 16.5 Å². The zero-order chi connectivity index (χ0) is 17.0. The van der Waals surface area contributed by atoms with Crippen molar-refractivity contribution in [3.63, 3.8) is 0 Å². The van der Waals surface area contributed by atoms with Crippen LogP contribution in [0.2, 0.25) is 10.0 Å². The third-order valence-corrected chi connectivity index (χ3v) is 4.32. The van der Waals surface area contributed by atoms with E-state index in [2.05, 4.69) is 4.98 Å². The van der Waals surface area contributed by atoms with Crippen LogP contribution in [0.3, 0.4) is 0 Å². The van der Waals surface area contributed by atoms with Crippen molar-refractivity contribution in [1.82, 2.24) is 4.98 Å². The zero-order valence-corrected chi connectivity index (χ0v) is 13.3. The SMILES string of the molecule is O=c1c(Cl)c2oc3c(Cl)cc([N+](=O)[O-])cc3nc-2c2ccccc12. The molecule has 0 fully saturated rings. The van der Waals surface area contributed by atoms with Gasteiger partial charge >= 0.3 is 0 Å². The summed E-state index contributed by atoms with van der Waals surface area (Å²) in [5, 5.41) is 11.9. The Bertz CT molecular complexity index is 1190. The van der Waals surface area contributed by atoms with Crippen LogP contribution in [0.25, 0.3) is 33.3 Å². The summed E-state index contributed by atoms with van der Waals surface area (Å²) in [5.74, 6) is 0.101. The van der Waals surface area contributed by atoms with Crippen molar-refractivity contribution in [3.8, 4) is 11.5 Å². The van der Waals surface area contributed by atoms with E-state index in [0.717, 1.165) is 6.07 Å². The number of nitrogens with zero attached hydrogens (tertiary/aromatic N) is 2. The molecule has 2 aromatic rings. The van der Waals surface area contributed by atoms with Crippen LogP contribution in [0.4, 0.5) is 5.69 Å². The number of nitro benzene ring substituents is 1. The standard InChI is InChI=1S/C16H6Cl2N2O4/c17-10-5-7(20(22)23)6-11-15(10)24-16-12(18)14(21)9-4-2-1-3-8(9)13(16)19-11/h1-6H. The molecule has 0 bridgehead atoms. The summed E-state index contributed by atoms with van der Waals surface area (Å²) < 4.78 is 5.68. The highest BCUT2D eigenvalue weighted by Crippen LogP contribution is 2.37. The Kier molecular flexibility index (Phi) is 3.19. The second-order valence-electron chi connectivity index (χ2n) is 5.11. The van der Waals surface area contributed by atoms with Crippen LogP contribution in [0.5, 0.6) is 0 Å². The highest BCUT2D eigenvalue weighted by atomic mass is 35.5. The number of non-ortho nitro benzene ring substituents is 1. The number of hydrogen-bond donors (Lipinski definition) is 0. The maximum Gasteiger partial charge on any atom is 0.273 e. The Morgan fingerprint density at radius 3 is 2.54 bits per heavy atom. The normalized spacial score (nSPS) is 11.4. The Labute approximate surface area is 143 Å². The van der Waals surface area contributed by atoms with Crippen LogP contribution in [-0.4, -0.2) is 9.91 Å². The van der Waals surface area contributed by atoms with E-state index < -0.39 is 4.92 Å². The summed E-state index contributed by atoms with van der Waals surface area (Å²) in [6.07, 6.45) is 0. The van der Waals surface area contributed by atoms with Gasteiger partial charge in [-0.25, -0.2) is 4.98 Å². The van der Waals surface area contributed by atoms with Gasteiger partial charge in [0.25, 0.3) is 5.69 Å². The average molecular weight is 361 g/mol. The molecule has 0 amide bonds. The molecule has 0 saturated heterocycles. The lowest BCUT2D eigenvalue weighted by Gasteiger charge is -2.11. The quantitative estimate of drug-likeness (QED) is 0.213. The Balaban J connectivity index is 2.25. The van der Waals surface area contributed by atoms with Crippen LogP contribution < -0.4 is 5.43 Å². The molecule has 0 N–H and O–H groups in total. The number of aromatic nitrogens is 1. The monoisotopic (exact) mass is 360 g/mol. The summed E-state index contributed by atoms with van der Waals surface area (Å²) in [6, 6.07) is 9.23. The molecule has 6 nitrogen and oxygen atoms in total. The maximum absolute atomic E-state index is 12.4. The number of hydrogen-bond acceptors (Lipinski definition) is 5. The molecule has 2 aromatic carbocycles. The number of rotatable bonds is 1. The summed E-state index contributed by atoms with van der Waals surface area (Å²) >= 11 is 12.2. The van der Waals surface area contributed by atoms with Gasteiger partial charge in [-0.1, -0.05) is 47.5 Å². The Morgan fingerprint density at radius 2 is 1.83 bits per heavy atom. The molecule has 0 aromatic heterocycles. The fourth-order valence-electron chi connectivity index (χ4n) is 2.62. The second kappa shape index (κ2) is 5.15. The van der Waals surface area contributed by atoms with Gasteiger partial charge in [0.2, 0.25) is 5.43 Å². The molecule has 0 atom stereocenters. The molecule has 1 heterocycles. The van der Waals surface area contributed by atoms with Crippen molar-refractivity contribution >= 4 is 50.8 Å². The molecule has 0 radical (unpaired) electrons. The minimum absolute atomic E-state index is 0.0188. The van der Waals surface area contributed by atoms with E-state index in [1.165, 1.54) is 6.07 Å². The van der Waals surface area contributed by atoms with E-state index in [1.54, 1.807) is 24.3 Å². The number of nitro groups is 1. The number of halogens is 2. The van der Waals surface area contributed by atoms with Crippen molar-refractivity contribution in [2.24, 2.45) is 0 Å². The smallest absolute Gasteiger partial charge is 0.273 e. The van der Waals surface area contributed by atoms with Gasteiger partial charge < -0.3 is 4.42 Å². The molecule has 1 aliphatic carbocycles. The topological polar surface area (TPSA) is 86.2 Å². The van der Waals surface area contributed by atoms with Gasteiger partial charge in [-0.3, -0.25) is 14.9 Å². The second-order valence-corrected chi connectivity index (χ2v) is 5.90. The molecule has 24 heavy (non-hydrogen) atoms. The zero-order valence-electron chi connectivity index (χ0n) is 11.7. The van der Waals surface area contributed by atoms with Crippen molar-refractivity contribution in [3.05, 3.63) is 66.8 Å². The van der Waals surface area contributed by atoms with Gasteiger partial charge in [0.05, 0.1) is 9.95 Å². The molecule has 2 aliphatic rings. The number of benzene rings is 3. The van der Waals surface area contributed by atoms with Crippen molar-refractivity contribution in [1.29, 1.82) is 0 Å². The van der Waals surface area contributed by atoms with E-state index in [9.17, 15) is 14.9 Å². The summed E-state index contributed by atoms with van der Waals surface area (Å²) in [6.45, 7) is 0. The first kappa shape index (κ1) is 14.9. The Morgan fingerprint density at radius 1 is 1.12 bits per heavy atom. The van der Waals surface area contributed by atoms with Crippen LogP contribution >= 0.6 is 23.2 Å². The highest BCUT2D eigenvalue weighted by molar-refractivity contribution is 6.36. The lowest BCUT2D eigenvalue weighted by atomic mass is 10.0. The Hall–Kier alpha value is -2.70. The first-order chi connectivity index (χ1) is 11.5. The van der Waals surface area contributed by atoms with Crippen LogP contribution in [0, 0.1) is 10.1 Å². The molecule has 118 valence electrons. The lowest BCUT2D eigenvalue weighted by Crippen LogP contribution is -2.07. The molecule has 0 unspecified atom stereocenters. The lowest BCUT2D eigenvalue weighted by molar-refractivity contribution is -0.384. The number of fused-ring (bicyclic) bond motifs is 4. The molecule has 8 heteroatoms. The molecule has 1 aliphatic heterocycles. The molecule has 4 rings (SSSR count). The van der Waals surface area contributed by atoms with Crippen molar-refractivity contribution in [2.75, 3.05) is 0 Å². The van der Waals surface area contributed by atoms with E-state index >= 15 is 0 Å². The van der Waals surface area contributed by atoms with E-state index in [1.807, 2.05) is 0 Å². The van der Waals surface area contributed by atoms with Crippen molar-refractivity contribution in [2.45, 2.75) is 0 Å².